The molecular formula is C40H32Cl2N4O9. The second kappa shape index (κ2) is 13.4. The van der Waals surface area contributed by atoms with Gasteiger partial charge in [0.15, 0.2) is 0 Å². The Labute approximate surface area is 324 Å². The van der Waals surface area contributed by atoms with Crippen molar-refractivity contribution in [2.24, 2.45) is 23.7 Å². The number of non-ortho nitro benzene ring substituents is 1. The topological polar surface area (TPSA) is 169 Å². The number of amides is 4. The summed E-state index contributed by atoms with van der Waals surface area (Å²) in [6.07, 6.45) is 1.99. The molecule has 55 heavy (non-hydrogen) atoms. The summed E-state index contributed by atoms with van der Waals surface area (Å²) in [5.41, 5.74) is 2.93. The first kappa shape index (κ1) is 36.1. The number of allylic oxidation sites excluding steroid dienone is 2. The number of nitro benzene ring substituents is 1. The Kier molecular flexibility index (Phi) is 8.81. The van der Waals surface area contributed by atoms with Crippen LogP contribution in [0, 0.1) is 33.8 Å². The molecule has 13 nitrogen and oxygen atoms in total. The number of phenols is 1. The number of aromatic hydroxyl groups is 1. The van der Waals surface area contributed by atoms with Crippen LogP contribution in [0.3, 0.4) is 0 Å². The average molecular weight is 784 g/mol. The number of anilines is 2. The molecule has 0 aromatic heterocycles. The fourth-order valence-corrected chi connectivity index (χ4v) is 9.58. The number of nitro groups is 1. The molecule has 280 valence electrons. The number of hydrazine groups is 1. The van der Waals surface area contributed by atoms with Crippen LogP contribution in [0.15, 0.2) is 96.6 Å². The molecular weight excluding hydrogens is 751 g/mol. The van der Waals surface area contributed by atoms with Crippen LogP contribution in [0.25, 0.3) is 0 Å². The van der Waals surface area contributed by atoms with E-state index >= 15 is 4.79 Å². The summed E-state index contributed by atoms with van der Waals surface area (Å²) < 4.78 is 11.3. The Morgan fingerprint density at radius 1 is 0.891 bits per heavy atom. The van der Waals surface area contributed by atoms with E-state index in [1.54, 1.807) is 42.5 Å². The van der Waals surface area contributed by atoms with E-state index < -0.39 is 63.6 Å². The van der Waals surface area contributed by atoms with Crippen molar-refractivity contribution in [2.45, 2.75) is 24.2 Å². The van der Waals surface area contributed by atoms with Crippen LogP contribution in [0.1, 0.15) is 29.9 Å². The molecule has 6 unspecified atom stereocenters. The van der Waals surface area contributed by atoms with E-state index in [-0.39, 0.29) is 46.4 Å². The molecule has 15 heteroatoms. The molecule has 0 spiro atoms. The molecule has 6 atom stereocenters. The molecule has 4 aromatic rings. The highest BCUT2D eigenvalue weighted by Gasteiger charge is 2.70. The Morgan fingerprint density at radius 2 is 1.65 bits per heavy atom. The zero-order valence-corrected chi connectivity index (χ0v) is 30.8. The highest BCUT2D eigenvalue weighted by Crippen LogP contribution is 2.65. The molecule has 2 aliphatic carbocycles. The van der Waals surface area contributed by atoms with E-state index in [1.165, 1.54) is 56.7 Å². The number of methoxy groups -OCH3 is 2. The first-order valence-electron chi connectivity index (χ1n) is 17.3. The molecule has 3 fully saturated rings. The summed E-state index contributed by atoms with van der Waals surface area (Å²) in [6.45, 7) is 0. The van der Waals surface area contributed by atoms with Gasteiger partial charge in [0.2, 0.25) is 11.8 Å². The third kappa shape index (κ3) is 5.43. The minimum absolute atomic E-state index is 0.00513. The molecule has 2 N–H and O–H groups in total. The van der Waals surface area contributed by atoms with Crippen LogP contribution >= 0.6 is 23.2 Å². The zero-order valence-electron chi connectivity index (χ0n) is 29.3. The number of halogens is 2. The van der Waals surface area contributed by atoms with Gasteiger partial charge >= 0.3 is 0 Å². The summed E-state index contributed by atoms with van der Waals surface area (Å²) in [6, 6.07) is 21.3. The van der Waals surface area contributed by atoms with E-state index in [4.69, 9.17) is 32.7 Å². The Bertz CT molecular complexity index is 2350. The number of rotatable bonds is 8. The monoisotopic (exact) mass is 782 g/mol. The van der Waals surface area contributed by atoms with Crippen LogP contribution in [-0.4, -0.2) is 52.9 Å². The van der Waals surface area contributed by atoms with E-state index in [9.17, 15) is 29.6 Å². The number of hydrogen-bond donors (Lipinski definition) is 2. The average Bonchev–Trinajstić information content (AvgIpc) is 3.56. The molecule has 8 rings (SSSR count). The van der Waals surface area contributed by atoms with Crippen LogP contribution in [0.2, 0.25) is 10.0 Å². The number of nitrogens with zero attached hydrogens (tertiary/aromatic N) is 3. The molecule has 4 aromatic carbocycles. The highest BCUT2D eigenvalue weighted by molar-refractivity contribution is 6.36. The van der Waals surface area contributed by atoms with Crippen molar-refractivity contribution < 1.29 is 38.7 Å². The van der Waals surface area contributed by atoms with Gasteiger partial charge in [-0.05, 0) is 66.8 Å². The minimum atomic E-state index is -1.65. The lowest BCUT2D eigenvalue weighted by atomic mass is 9.49. The van der Waals surface area contributed by atoms with Gasteiger partial charge in [0.25, 0.3) is 17.5 Å². The van der Waals surface area contributed by atoms with Gasteiger partial charge in [-0.15, -0.1) is 0 Å². The fourth-order valence-electron chi connectivity index (χ4n) is 9.13. The highest BCUT2D eigenvalue weighted by atomic mass is 35.5. The Hall–Kier alpha value is -5.92. The first-order chi connectivity index (χ1) is 26.4. The van der Waals surface area contributed by atoms with Crippen molar-refractivity contribution >= 4 is 63.9 Å². The molecule has 4 amide bonds. The third-order valence-electron chi connectivity index (χ3n) is 11.4. The largest absolute Gasteiger partial charge is 0.508 e. The standard InChI is InChI=1S/C40H32Cl2N4O9/c1-54-25-10-6-20(7-11-25)40-30(37(49)45(39(40)51)43-32-15-8-21(41)16-31(32)42)19-29-26(35(40)27-12-9-24(47)18-33(27)55-2)13-14-28-34(29)38(50)44(36(28)48)22-4-3-5-23(17-22)46(52)53/h3-13,15-18,28-30,34-35,43,47H,14,19H2,1-2H3. The fraction of sp³-hybridized carbons (Fsp3) is 0.250. The van der Waals surface area contributed by atoms with Crippen molar-refractivity contribution in [2.75, 3.05) is 24.5 Å². The molecule has 1 saturated carbocycles. The van der Waals surface area contributed by atoms with Gasteiger partial charge in [-0.2, -0.15) is 5.01 Å². The molecule has 4 aliphatic rings. The third-order valence-corrected chi connectivity index (χ3v) is 12.0. The van der Waals surface area contributed by atoms with Crippen LogP contribution in [0.5, 0.6) is 17.2 Å². The maximum atomic E-state index is 15.4. The van der Waals surface area contributed by atoms with Crippen molar-refractivity contribution in [3.8, 4) is 17.2 Å². The molecule has 0 radical (unpaired) electrons. The summed E-state index contributed by atoms with van der Waals surface area (Å²) in [5.74, 6) is -6.19. The predicted molar refractivity (Wildman–Crippen MR) is 201 cm³/mol. The Balaban J connectivity index is 1.34. The number of ether oxygens (including phenoxy) is 2. The number of benzene rings is 4. The maximum Gasteiger partial charge on any atom is 0.271 e. The van der Waals surface area contributed by atoms with E-state index in [1.807, 2.05) is 6.08 Å². The lowest BCUT2D eigenvalue weighted by Crippen LogP contribution is -2.53. The molecule has 2 saturated heterocycles. The normalized spacial score (nSPS) is 25.6. The number of carbonyl (C=O) groups excluding carboxylic acids is 4. The smallest absolute Gasteiger partial charge is 0.271 e. The van der Waals surface area contributed by atoms with Crippen LogP contribution < -0.4 is 19.8 Å². The van der Waals surface area contributed by atoms with Gasteiger partial charge < -0.3 is 14.6 Å². The minimum Gasteiger partial charge on any atom is -0.508 e. The van der Waals surface area contributed by atoms with Crippen molar-refractivity contribution in [3.63, 3.8) is 0 Å². The van der Waals surface area contributed by atoms with Gasteiger partial charge in [0.05, 0.1) is 58.7 Å². The summed E-state index contributed by atoms with van der Waals surface area (Å²) in [4.78, 5) is 71.1. The zero-order chi connectivity index (χ0) is 38.9. The second-order valence-corrected chi connectivity index (χ2v) is 14.8. The first-order valence-corrected chi connectivity index (χ1v) is 18.1. The quantitative estimate of drug-likeness (QED) is 0.0838. The SMILES string of the molecule is COc1ccc(C23C(=O)N(Nc4ccc(Cl)cc4Cl)C(=O)C2CC2C(=CCC4C(=O)N(c5cccc([N+](=O)[O-])c5)C(=O)C42)C3c2ccc(O)cc2OC)cc1. The Morgan fingerprint density at radius 3 is 2.35 bits per heavy atom. The van der Waals surface area contributed by atoms with Crippen LogP contribution in [0.4, 0.5) is 17.1 Å². The maximum absolute atomic E-state index is 15.4. The summed E-state index contributed by atoms with van der Waals surface area (Å²) in [5, 5.41) is 23.6. The summed E-state index contributed by atoms with van der Waals surface area (Å²) in [7, 11) is 2.94. The van der Waals surface area contributed by atoms with E-state index in [0.29, 0.717) is 27.5 Å². The number of fused-ring (bicyclic) bond motifs is 4. The predicted octanol–water partition coefficient (Wildman–Crippen LogP) is 6.81. The number of carbonyl (C=O) groups is 4. The molecule has 2 aliphatic heterocycles. The van der Waals surface area contributed by atoms with E-state index in [0.717, 1.165) is 9.91 Å². The van der Waals surface area contributed by atoms with Gasteiger partial charge in [-0.25, -0.2) is 4.90 Å². The second-order valence-electron chi connectivity index (χ2n) is 13.9. The van der Waals surface area contributed by atoms with Gasteiger partial charge in [0, 0.05) is 34.7 Å². The number of nitrogens with one attached hydrogen (secondary N) is 1. The molecule has 2 heterocycles. The number of hydrogen-bond acceptors (Lipinski definition) is 10. The molecule has 0 bridgehead atoms. The van der Waals surface area contributed by atoms with Gasteiger partial charge in [0.1, 0.15) is 17.2 Å². The van der Waals surface area contributed by atoms with Crippen molar-refractivity contribution in [3.05, 3.63) is 128 Å². The van der Waals surface area contributed by atoms with E-state index in [2.05, 4.69) is 5.43 Å². The van der Waals surface area contributed by atoms with Crippen molar-refractivity contribution in [1.82, 2.24) is 5.01 Å². The van der Waals surface area contributed by atoms with Crippen molar-refractivity contribution in [1.29, 1.82) is 0 Å². The number of imide groups is 2. The van der Waals surface area contributed by atoms with Gasteiger partial charge in [-0.1, -0.05) is 59.1 Å². The number of phenolic OH excluding ortho intramolecular Hbond substituents is 1. The lowest BCUT2D eigenvalue weighted by molar-refractivity contribution is -0.384. The lowest BCUT2D eigenvalue weighted by Gasteiger charge is -2.50. The van der Waals surface area contributed by atoms with Crippen LogP contribution in [-0.2, 0) is 24.6 Å². The summed E-state index contributed by atoms with van der Waals surface area (Å²) >= 11 is 12.7. The van der Waals surface area contributed by atoms with Gasteiger partial charge in [-0.3, -0.25) is 34.7 Å².